The molecule has 2 aromatic carbocycles. The summed E-state index contributed by atoms with van der Waals surface area (Å²) in [5, 5.41) is 13.3. The molecule has 2 aliphatic heterocycles. The fraction of sp³-hybridized carbons (Fsp3) is 0.444. The minimum atomic E-state index is 0. The number of amides is 1. The number of fused-ring (bicyclic) bond motifs is 2. The van der Waals surface area contributed by atoms with Crippen molar-refractivity contribution in [3.63, 3.8) is 0 Å². The number of aromatic amines is 1. The zero-order valence-electron chi connectivity index (χ0n) is 21.2. The van der Waals surface area contributed by atoms with E-state index in [-0.39, 0.29) is 37.3 Å². The molecular weight excluding hydrogens is 497 g/mol. The van der Waals surface area contributed by atoms with Gasteiger partial charge in [0.15, 0.2) is 0 Å². The fourth-order valence-electron chi connectivity index (χ4n) is 5.07. The smallest absolute Gasteiger partial charge is 0.252 e. The van der Waals surface area contributed by atoms with Crippen molar-refractivity contribution in [3.05, 3.63) is 53.1 Å². The Bertz CT molecular complexity index is 1200. The van der Waals surface area contributed by atoms with E-state index >= 15 is 0 Å². The Labute approximate surface area is 225 Å². The van der Waals surface area contributed by atoms with Gasteiger partial charge in [-0.1, -0.05) is 6.07 Å². The number of aliphatic hydroxyl groups excluding tert-OH is 1. The van der Waals surface area contributed by atoms with Gasteiger partial charge in [0.05, 0.1) is 12.2 Å². The molecule has 1 aromatic heterocycles. The Balaban J connectivity index is 0.00000180. The van der Waals surface area contributed by atoms with Gasteiger partial charge in [0.1, 0.15) is 0 Å². The van der Waals surface area contributed by atoms with Gasteiger partial charge in [0, 0.05) is 86.8 Å². The number of benzene rings is 2. The minimum Gasteiger partial charge on any atom is -0.395 e. The van der Waals surface area contributed by atoms with E-state index in [0.717, 1.165) is 72.9 Å². The molecule has 9 heteroatoms. The Morgan fingerprint density at radius 3 is 2.44 bits per heavy atom. The summed E-state index contributed by atoms with van der Waals surface area (Å²) in [5.41, 5.74) is 7.30. The first kappa shape index (κ1) is 28.3. The quantitative estimate of drug-likeness (QED) is 0.429. The van der Waals surface area contributed by atoms with Crippen molar-refractivity contribution in [2.75, 3.05) is 51.3 Å². The van der Waals surface area contributed by atoms with E-state index < -0.39 is 0 Å². The number of nitrogens with zero attached hydrogens (tertiary/aromatic N) is 3. The van der Waals surface area contributed by atoms with Crippen LogP contribution in [-0.2, 0) is 13.1 Å². The molecule has 7 nitrogen and oxygen atoms in total. The van der Waals surface area contributed by atoms with Crippen LogP contribution in [0.3, 0.4) is 0 Å². The van der Waals surface area contributed by atoms with Crippen LogP contribution < -0.4 is 10.2 Å². The number of anilines is 1. The fourth-order valence-corrected chi connectivity index (χ4v) is 5.07. The molecule has 1 saturated heterocycles. The number of piperazine rings is 1. The molecule has 3 aromatic rings. The Hall–Kier alpha value is -2.29. The number of hydrogen-bond acceptors (Lipinski definition) is 5. The van der Waals surface area contributed by atoms with Crippen LogP contribution >= 0.6 is 24.8 Å². The molecule has 196 valence electrons. The number of carbonyl (C=O) groups is 1. The Morgan fingerprint density at radius 1 is 1.03 bits per heavy atom. The average molecular weight is 535 g/mol. The van der Waals surface area contributed by atoms with Gasteiger partial charge in [-0.05, 0) is 55.3 Å². The van der Waals surface area contributed by atoms with Crippen molar-refractivity contribution in [2.24, 2.45) is 0 Å². The van der Waals surface area contributed by atoms with Crippen molar-refractivity contribution in [1.82, 2.24) is 20.1 Å². The van der Waals surface area contributed by atoms with E-state index in [2.05, 4.69) is 82.3 Å². The SMILES string of the molecule is CC(C)N(C)c1cc2c(c(-c3cc4cc(CN5CCN(CCO)CC5)ccc4[nH]3)c1)C(=O)NC2.Cl.Cl. The summed E-state index contributed by atoms with van der Waals surface area (Å²) in [6.45, 7) is 10.9. The molecule has 2 aliphatic rings. The lowest BCUT2D eigenvalue weighted by Gasteiger charge is -2.34. The zero-order valence-corrected chi connectivity index (χ0v) is 22.8. The lowest BCUT2D eigenvalue weighted by atomic mass is 9.98. The maximum Gasteiger partial charge on any atom is 0.252 e. The summed E-state index contributed by atoms with van der Waals surface area (Å²) >= 11 is 0. The van der Waals surface area contributed by atoms with Crippen LogP contribution in [0.1, 0.15) is 35.3 Å². The summed E-state index contributed by atoms with van der Waals surface area (Å²) in [4.78, 5) is 23.3. The van der Waals surface area contributed by atoms with E-state index in [1.165, 1.54) is 10.9 Å². The minimum absolute atomic E-state index is 0. The molecule has 0 radical (unpaired) electrons. The van der Waals surface area contributed by atoms with E-state index in [1.807, 2.05) is 0 Å². The molecule has 1 amide bonds. The number of aromatic nitrogens is 1. The summed E-state index contributed by atoms with van der Waals surface area (Å²) in [6.07, 6.45) is 0. The van der Waals surface area contributed by atoms with Crippen LogP contribution in [0.15, 0.2) is 36.4 Å². The van der Waals surface area contributed by atoms with Crippen molar-refractivity contribution in [2.45, 2.75) is 33.0 Å². The highest BCUT2D eigenvalue weighted by Gasteiger charge is 2.26. The number of aliphatic hydroxyl groups is 1. The van der Waals surface area contributed by atoms with Gasteiger partial charge < -0.3 is 20.3 Å². The molecular formula is C27H37Cl2N5O2. The molecule has 3 heterocycles. The van der Waals surface area contributed by atoms with E-state index in [1.54, 1.807) is 0 Å². The van der Waals surface area contributed by atoms with E-state index in [9.17, 15) is 4.79 Å². The summed E-state index contributed by atoms with van der Waals surface area (Å²) in [7, 11) is 2.10. The number of carbonyl (C=O) groups excluding carboxylic acids is 1. The highest BCUT2D eigenvalue weighted by atomic mass is 35.5. The first-order chi connectivity index (χ1) is 16.4. The molecule has 1 fully saturated rings. The molecule has 0 spiro atoms. The van der Waals surface area contributed by atoms with E-state index in [0.29, 0.717) is 12.6 Å². The third-order valence-corrected chi connectivity index (χ3v) is 7.32. The first-order valence-electron chi connectivity index (χ1n) is 12.3. The number of hydrogen-bond donors (Lipinski definition) is 3. The normalized spacial score (nSPS) is 16.0. The Morgan fingerprint density at radius 2 is 1.75 bits per heavy atom. The highest BCUT2D eigenvalue weighted by molar-refractivity contribution is 6.06. The van der Waals surface area contributed by atoms with Gasteiger partial charge in [-0.25, -0.2) is 0 Å². The monoisotopic (exact) mass is 533 g/mol. The standard InChI is InChI=1S/C27H35N5O2.2ClH/c1-18(2)30(3)22-13-21-16-28-27(34)26(21)23(15-22)25-14-20-12-19(4-5-24(20)29-25)17-32-8-6-31(7-9-32)10-11-33;;/h4-5,12-15,18,29,33H,6-11,16-17H2,1-3H3,(H,28,34);2*1H. The second-order valence-corrected chi connectivity index (χ2v) is 9.86. The maximum atomic E-state index is 12.7. The number of rotatable bonds is 7. The second kappa shape index (κ2) is 11.8. The van der Waals surface area contributed by atoms with Crippen LogP contribution in [0.4, 0.5) is 5.69 Å². The van der Waals surface area contributed by atoms with Gasteiger partial charge in [-0.15, -0.1) is 24.8 Å². The zero-order chi connectivity index (χ0) is 23.8. The predicted molar refractivity (Wildman–Crippen MR) is 152 cm³/mol. The lowest BCUT2D eigenvalue weighted by molar-refractivity contribution is 0.0966. The van der Waals surface area contributed by atoms with Gasteiger partial charge >= 0.3 is 0 Å². The molecule has 0 bridgehead atoms. The number of H-pyrrole nitrogens is 1. The average Bonchev–Trinajstić information content (AvgIpc) is 3.42. The second-order valence-electron chi connectivity index (χ2n) is 9.86. The molecule has 5 rings (SSSR count). The molecule has 0 saturated carbocycles. The molecule has 36 heavy (non-hydrogen) atoms. The topological polar surface area (TPSA) is 74.8 Å². The van der Waals surface area contributed by atoms with Crippen LogP contribution in [0, 0.1) is 0 Å². The molecule has 0 unspecified atom stereocenters. The summed E-state index contributed by atoms with van der Waals surface area (Å²) < 4.78 is 0. The number of nitrogens with one attached hydrogen (secondary N) is 2. The van der Waals surface area contributed by atoms with Gasteiger partial charge in [0.25, 0.3) is 5.91 Å². The predicted octanol–water partition coefficient (Wildman–Crippen LogP) is 3.88. The third kappa shape index (κ3) is 5.66. The lowest BCUT2D eigenvalue weighted by Crippen LogP contribution is -2.46. The first-order valence-corrected chi connectivity index (χ1v) is 12.3. The van der Waals surface area contributed by atoms with Gasteiger partial charge in [-0.3, -0.25) is 14.6 Å². The van der Waals surface area contributed by atoms with Crippen LogP contribution in [0.25, 0.3) is 22.2 Å². The van der Waals surface area contributed by atoms with Crippen LogP contribution in [-0.4, -0.2) is 78.2 Å². The summed E-state index contributed by atoms with van der Waals surface area (Å²) in [5.74, 6) is 0.00318. The highest BCUT2D eigenvalue weighted by Crippen LogP contribution is 2.35. The van der Waals surface area contributed by atoms with Crippen molar-refractivity contribution < 1.29 is 9.90 Å². The van der Waals surface area contributed by atoms with Crippen LogP contribution in [0.2, 0.25) is 0 Å². The van der Waals surface area contributed by atoms with Gasteiger partial charge in [-0.2, -0.15) is 0 Å². The summed E-state index contributed by atoms with van der Waals surface area (Å²) in [6, 6.07) is 13.4. The van der Waals surface area contributed by atoms with E-state index in [4.69, 9.17) is 5.11 Å². The van der Waals surface area contributed by atoms with Gasteiger partial charge in [0.2, 0.25) is 0 Å². The Kier molecular flexibility index (Phi) is 9.30. The molecule has 0 aliphatic carbocycles. The van der Waals surface area contributed by atoms with Crippen molar-refractivity contribution in [3.8, 4) is 11.3 Å². The van der Waals surface area contributed by atoms with Crippen molar-refractivity contribution in [1.29, 1.82) is 0 Å². The maximum absolute atomic E-state index is 12.7. The van der Waals surface area contributed by atoms with Crippen molar-refractivity contribution >= 4 is 47.3 Å². The molecule has 0 atom stereocenters. The number of β-amino-alcohol motifs (C(OH)–C–C–N with tert-alkyl or cyclic N) is 1. The molecule has 3 N–H and O–H groups in total. The number of halogens is 2. The third-order valence-electron chi connectivity index (χ3n) is 7.32. The largest absolute Gasteiger partial charge is 0.395 e. The van der Waals surface area contributed by atoms with Crippen LogP contribution in [0.5, 0.6) is 0 Å².